The second-order valence-corrected chi connectivity index (χ2v) is 7.53. The fourth-order valence-electron chi connectivity index (χ4n) is 2.74. The van der Waals surface area contributed by atoms with Gasteiger partial charge in [0.2, 0.25) is 23.6 Å². The van der Waals surface area contributed by atoms with Gasteiger partial charge in [0.1, 0.15) is 18.1 Å². The highest BCUT2D eigenvalue weighted by Crippen LogP contribution is 2.06. The van der Waals surface area contributed by atoms with Crippen LogP contribution in [0.15, 0.2) is 0 Å². The fraction of sp³-hybridized carbons (Fsp3) is 0.684. The van der Waals surface area contributed by atoms with Crippen LogP contribution in [-0.4, -0.2) is 88.2 Å². The average Bonchev–Trinajstić information content (AvgIpc) is 2.76. The Kier molecular flexibility index (Phi) is 14.7. The van der Waals surface area contributed by atoms with Crippen LogP contribution >= 0.6 is 0 Å². The first-order valence-corrected chi connectivity index (χ1v) is 10.6. The van der Waals surface area contributed by atoms with Crippen LogP contribution in [0.4, 0.5) is 0 Å². The number of rotatable bonds is 18. The van der Waals surface area contributed by atoms with Crippen LogP contribution in [0.1, 0.15) is 44.9 Å². The number of unbranched alkanes of at least 4 members (excludes halogenated alkanes) is 1. The van der Waals surface area contributed by atoms with Crippen LogP contribution in [-0.2, 0) is 28.8 Å². The molecule has 0 rings (SSSR count). The van der Waals surface area contributed by atoms with Gasteiger partial charge in [0, 0.05) is 12.8 Å². The zero-order valence-corrected chi connectivity index (χ0v) is 18.7. The Bertz CT molecular complexity index is 733. The lowest BCUT2D eigenvalue weighted by Gasteiger charge is -2.25. The highest BCUT2D eigenvalue weighted by molar-refractivity contribution is 5.94. The van der Waals surface area contributed by atoms with E-state index in [0.29, 0.717) is 19.4 Å². The highest BCUT2D eigenvalue weighted by Gasteiger charge is 2.30. The Morgan fingerprint density at radius 1 is 0.735 bits per heavy atom. The van der Waals surface area contributed by atoms with Gasteiger partial charge >= 0.3 is 11.9 Å². The van der Waals surface area contributed by atoms with Gasteiger partial charge in [-0.15, -0.1) is 0 Å². The Morgan fingerprint density at radius 3 is 1.74 bits per heavy atom. The summed E-state index contributed by atoms with van der Waals surface area (Å²) in [6.07, 6.45) is -0.0654. The number of aliphatic hydroxyl groups excluding tert-OH is 1. The minimum absolute atomic E-state index is 0.110. The summed E-state index contributed by atoms with van der Waals surface area (Å²) in [6.45, 7) is -0.592. The molecule has 0 spiro atoms. The van der Waals surface area contributed by atoms with Crippen molar-refractivity contribution < 1.29 is 44.1 Å². The van der Waals surface area contributed by atoms with Crippen molar-refractivity contribution in [2.24, 2.45) is 17.2 Å². The van der Waals surface area contributed by atoms with E-state index in [0.717, 1.165) is 0 Å². The van der Waals surface area contributed by atoms with E-state index in [1.807, 2.05) is 5.32 Å². The smallest absolute Gasteiger partial charge is 0.328 e. The molecule has 0 aromatic rings. The number of primary amides is 1. The molecule has 15 heteroatoms. The number of aliphatic carboxylic acids is 2. The van der Waals surface area contributed by atoms with Gasteiger partial charge in [-0.25, -0.2) is 4.79 Å². The van der Waals surface area contributed by atoms with Gasteiger partial charge in [0.15, 0.2) is 0 Å². The summed E-state index contributed by atoms with van der Waals surface area (Å²) in [7, 11) is 0. The van der Waals surface area contributed by atoms with Crippen molar-refractivity contribution in [2.45, 2.75) is 69.1 Å². The maximum absolute atomic E-state index is 12.9. The highest BCUT2D eigenvalue weighted by atomic mass is 16.4. The fourth-order valence-corrected chi connectivity index (χ4v) is 2.74. The van der Waals surface area contributed by atoms with Gasteiger partial charge < -0.3 is 48.5 Å². The monoisotopic (exact) mass is 490 g/mol. The van der Waals surface area contributed by atoms with Gasteiger partial charge in [0.05, 0.1) is 12.6 Å². The van der Waals surface area contributed by atoms with Crippen LogP contribution in [0.3, 0.4) is 0 Å². The molecule has 12 N–H and O–H groups in total. The molecule has 0 fully saturated rings. The quantitative estimate of drug-likeness (QED) is 0.0837. The minimum atomic E-state index is -1.65. The molecule has 0 radical (unpaired) electrons. The summed E-state index contributed by atoms with van der Waals surface area (Å²) in [5, 5.41) is 33.6. The molecule has 0 aliphatic heterocycles. The summed E-state index contributed by atoms with van der Waals surface area (Å²) < 4.78 is 0. The largest absolute Gasteiger partial charge is 0.481 e. The molecule has 194 valence electrons. The van der Waals surface area contributed by atoms with E-state index < -0.39 is 66.3 Å². The molecule has 0 aliphatic carbocycles. The molecule has 4 atom stereocenters. The first kappa shape index (κ1) is 30.7. The standard InChI is InChI=1S/C19H34N6O9/c20-8-2-1-3-11(23-16(30)10(21)4-7-15(28)29)17(31)24-12(5-6-14(22)27)18(32)25-13(9-26)19(33)34/h10-13,26H,1-9,20-21H2,(H2,22,27)(H,23,30)(H,24,31)(H,25,32)(H,28,29)(H,33,34). The normalized spacial score (nSPS) is 14.2. The van der Waals surface area contributed by atoms with Gasteiger partial charge in [-0.1, -0.05) is 0 Å². The number of nitrogens with two attached hydrogens (primary N) is 3. The molecule has 0 saturated carbocycles. The first-order chi connectivity index (χ1) is 15.9. The number of amides is 4. The summed E-state index contributed by atoms with van der Waals surface area (Å²) in [5.74, 6) is -6.03. The molecule has 15 nitrogen and oxygen atoms in total. The van der Waals surface area contributed by atoms with Crippen molar-refractivity contribution in [1.82, 2.24) is 16.0 Å². The number of carbonyl (C=O) groups is 6. The lowest BCUT2D eigenvalue weighted by molar-refractivity contribution is -0.143. The Morgan fingerprint density at radius 2 is 1.26 bits per heavy atom. The third-order valence-corrected chi connectivity index (χ3v) is 4.70. The third-order valence-electron chi connectivity index (χ3n) is 4.70. The van der Waals surface area contributed by atoms with E-state index in [1.165, 1.54) is 0 Å². The Labute approximate surface area is 195 Å². The van der Waals surface area contributed by atoms with Gasteiger partial charge in [-0.2, -0.15) is 0 Å². The van der Waals surface area contributed by atoms with Crippen molar-refractivity contribution in [3.63, 3.8) is 0 Å². The van der Waals surface area contributed by atoms with Gasteiger partial charge in [-0.05, 0) is 38.6 Å². The van der Waals surface area contributed by atoms with Crippen molar-refractivity contribution in [3.8, 4) is 0 Å². The van der Waals surface area contributed by atoms with Gasteiger partial charge in [-0.3, -0.25) is 24.0 Å². The topological polar surface area (TPSA) is 277 Å². The van der Waals surface area contributed by atoms with Crippen LogP contribution < -0.4 is 33.2 Å². The second kappa shape index (κ2) is 16.3. The first-order valence-electron chi connectivity index (χ1n) is 10.6. The van der Waals surface area contributed by atoms with Crippen molar-refractivity contribution in [3.05, 3.63) is 0 Å². The second-order valence-electron chi connectivity index (χ2n) is 7.53. The van der Waals surface area contributed by atoms with Crippen molar-refractivity contribution >= 4 is 35.6 Å². The number of carbonyl (C=O) groups excluding carboxylic acids is 4. The summed E-state index contributed by atoms with van der Waals surface area (Å²) in [4.78, 5) is 70.6. The molecular formula is C19H34N6O9. The van der Waals surface area contributed by atoms with Crippen LogP contribution in [0.25, 0.3) is 0 Å². The van der Waals surface area contributed by atoms with E-state index in [1.54, 1.807) is 0 Å². The maximum Gasteiger partial charge on any atom is 0.328 e. The molecule has 0 aromatic heterocycles. The van der Waals surface area contributed by atoms with E-state index in [4.69, 9.17) is 32.5 Å². The molecule has 4 unspecified atom stereocenters. The molecule has 34 heavy (non-hydrogen) atoms. The molecule has 0 heterocycles. The van der Waals surface area contributed by atoms with E-state index >= 15 is 0 Å². The molecule has 0 aliphatic rings. The minimum Gasteiger partial charge on any atom is -0.481 e. The zero-order valence-electron chi connectivity index (χ0n) is 18.7. The SMILES string of the molecule is NCCCCC(NC(=O)C(N)CCC(=O)O)C(=O)NC(CCC(N)=O)C(=O)NC(CO)C(=O)O. The molecular weight excluding hydrogens is 456 g/mol. The predicted molar refractivity (Wildman–Crippen MR) is 117 cm³/mol. The number of nitrogens with one attached hydrogen (secondary N) is 3. The summed E-state index contributed by atoms with van der Waals surface area (Å²) in [6, 6.07) is -5.42. The summed E-state index contributed by atoms with van der Waals surface area (Å²) in [5.41, 5.74) is 16.2. The number of carboxylic acid groups (broad SMARTS) is 2. The van der Waals surface area contributed by atoms with Crippen LogP contribution in [0, 0.1) is 0 Å². The van der Waals surface area contributed by atoms with Gasteiger partial charge in [0.25, 0.3) is 0 Å². The number of hydrogen-bond donors (Lipinski definition) is 9. The predicted octanol–water partition coefficient (Wildman–Crippen LogP) is -3.90. The van der Waals surface area contributed by atoms with Crippen LogP contribution in [0.2, 0.25) is 0 Å². The molecule has 4 amide bonds. The zero-order chi connectivity index (χ0) is 26.3. The Balaban J connectivity index is 5.46. The van der Waals surface area contributed by atoms with E-state index in [9.17, 15) is 28.8 Å². The third kappa shape index (κ3) is 12.7. The number of carboxylic acids is 2. The molecule has 0 bridgehead atoms. The van der Waals surface area contributed by atoms with E-state index in [-0.39, 0.29) is 32.1 Å². The maximum atomic E-state index is 12.9. The molecule has 0 aromatic carbocycles. The van der Waals surface area contributed by atoms with Crippen LogP contribution in [0.5, 0.6) is 0 Å². The average molecular weight is 491 g/mol. The van der Waals surface area contributed by atoms with E-state index in [2.05, 4.69) is 10.6 Å². The lowest BCUT2D eigenvalue weighted by Crippen LogP contribution is -2.57. The van der Waals surface area contributed by atoms with Crippen molar-refractivity contribution in [1.29, 1.82) is 0 Å². The number of hydrogen-bond acceptors (Lipinski definition) is 9. The summed E-state index contributed by atoms with van der Waals surface area (Å²) >= 11 is 0. The Hall–Kier alpha value is -3.30. The molecule has 0 saturated heterocycles. The lowest BCUT2D eigenvalue weighted by atomic mass is 10.0. The van der Waals surface area contributed by atoms with Crippen molar-refractivity contribution in [2.75, 3.05) is 13.2 Å². The number of aliphatic hydroxyl groups is 1.